The number of aryl methyl sites for hydroxylation is 1. The fourth-order valence-electron chi connectivity index (χ4n) is 1.63. The average molecular weight is 296 g/mol. The van der Waals surface area contributed by atoms with E-state index in [0.29, 0.717) is 11.0 Å². The maximum atomic E-state index is 11.1. The molecule has 0 amide bonds. The van der Waals surface area contributed by atoms with Gasteiger partial charge in [-0.05, 0) is 18.6 Å². The van der Waals surface area contributed by atoms with E-state index >= 15 is 0 Å². The van der Waals surface area contributed by atoms with Gasteiger partial charge in [0.25, 0.3) is 5.69 Å². The minimum atomic E-state index is -0.374. The highest BCUT2D eigenvalue weighted by Crippen LogP contribution is 2.25. The van der Waals surface area contributed by atoms with Gasteiger partial charge >= 0.3 is 0 Å². The number of alkyl halides is 1. The third-order valence-corrected chi connectivity index (χ3v) is 3.12. The Bertz CT molecular complexity index is 566. The van der Waals surface area contributed by atoms with Crippen molar-refractivity contribution in [3.05, 3.63) is 52.1 Å². The standard InChI is InChI=1S/C11H10BrN3O2/c1-8-13-4-5-14(8)10-3-2-9(7-12)6-11(10)15(16)17/h2-6H,7H2,1H3. The topological polar surface area (TPSA) is 61.0 Å². The van der Waals surface area contributed by atoms with Crippen molar-refractivity contribution < 1.29 is 4.92 Å². The molecule has 1 aromatic heterocycles. The summed E-state index contributed by atoms with van der Waals surface area (Å²) in [7, 11) is 0. The van der Waals surface area contributed by atoms with E-state index in [9.17, 15) is 10.1 Å². The molecule has 0 saturated heterocycles. The largest absolute Gasteiger partial charge is 0.298 e. The zero-order valence-corrected chi connectivity index (χ0v) is 10.7. The molecular weight excluding hydrogens is 286 g/mol. The predicted octanol–water partition coefficient (Wildman–Crippen LogP) is 2.98. The number of nitrogens with zero attached hydrogens (tertiary/aromatic N) is 3. The molecule has 5 nitrogen and oxygen atoms in total. The summed E-state index contributed by atoms with van der Waals surface area (Å²) in [6, 6.07) is 5.17. The lowest BCUT2D eigenvalue weighted by Gasteiger charge is -2.07. The molecule has 1 aromatic carbocycles. The van der Waals surface area contributed by atoms with Crippen LogP contribution in [-0.4, -0.2) is 14.5 Å². The highest BCUT2D eigenvalue weighted by Gasteiger charge is 2.16. The number of halogens is 1. The number of nitro groups is 1. The minimum Gasteiger partial charge on any atom is -0.298 e. The number of imidazole rings is 1. The van der Waals surface area contributed by atoms with Gasteiger partial charge in [0.05, 0.1) is 4.92 Å². The molecule has 2 aromatic rings. The lowest BCUT2D eigenvalue weighted by atomic mass is 10.2. The van der Waals surface area contributed by atoms with Gasteiger partial charge < -0.3 is 0 Å². The lowest BCUT2D eigenvalue weighted by Crippen LogP contribution is -2.01. The Morgan fingerprint density at radius 1 is 1.53 bits per heavy atom. The van der Waals surface area contributed by atoms with Crippen molar-refractivity contribution >= 4 is 21.6 Å². The molecular formula is C11H10BrN3O2. The van der Waals surface area contributed by atoms with Gasteiger partial charge in [0.2, 0.25) is 0 Å². The first-order valence-corrected chi connectivity index (χ1v) is 6.09. The summed E-state index contributed by atoms with van der Waals surface area (Å²) in [6.45, 7) is 1.81. The van der Waals surface area contributed by atoms with Gasteiger partial charge in [0.15, 0.2) is 0 Å². The molecule has 0 aliphatic rings. The fourth-order valence-corrected chi connectivity index (χ4v) is 1.98. The maximum absolute atomic E-state index is 11.1. The van der Waals surface area contributed by atoms with Crippen LogP contribution in [0.1, 0.15) is 11.4 Å². The Hall–Kier alpha value is -1.69. The van der Waals surface area contributed by atoms with Gasteiger partial charge in [-0.25, -0.2) is 4.98 Å². The molecule has 0 radical (unpaired) electrons. The van der Waals surface area contributed by atoms with E-state index in [1.807, 2.05) is 13.0 Å². The van der Waals surface area contributed by atoms with Crippen LogP contribution in [0.4, 0.5) is 5.69 Å². The zero-order valence-electron chi connectivity index (χ0n) is 9.13. The molecule has 0 aliphatic carbocycles. The molecule has 0 N–H and O–H groups in total. The van der Waals surface area contributed by atoms with Crippen molar-refractivity contribution in [3.63, 3.8) is 0 Å². The quantitative estimate of drug-likeness (QED) is 0.497. The smallest absolute Gasteiger partial charge is 0.293 e. The number of benzene rings is 1. The van der Waals surface area contributed by atoms with Crippen LogP contribution in [0.2, 0.25) is 0 Å². The molecule has 0 spiro atoms. The second kappa shape index (κ2) is 4.67. The number of hydrogen-bond acceptors (Lipinski definition) is 3. The van der Waals surface area contributed by atoms with Crippen LogP contribution in [0, 0.1) is 17.0 Å². The van der Waals surface area contributed by atoms with Crippen molar-refractivity contribution in [1.29, 1.82) is 0 Å². The van der Waals surface area contributed by atoms with Crippen LogP contribution in [0.25, 0.3) is 5.69 Å². The molecule has 6 heteroatoms. The van der Waals surface area contributed by atoms with E-state index in [1.54, 1.807) is 29.1 Å². The van der Waals surface area contributed by atoms with Crippen LogP contribution in [0.5, 0.6) is 0 Å². The molecule has 0 aliphatic heterocycles. The predicted molar refractivity (Wildman–Crippen MR) is 67.6 cm³/mol. The molecule has 17 heavy (non-hydrogen) atoms. The molecule has 0 bridgehead atoms. The third-order valence-electron chi connectivity index (χ3n) is 2.48. The molecule has 0 atom stereocenters. The van der Waals surface area contributed by atoms with E-state index in [2.05, 4.69) is 20.9 Å². The Labute approximate surface area is 106 Å². The summed E-state index contributed by atoms with van der Waals surface area (Å²) in [6.07, 6.45) is 3.34. The second-order valence-electron chi connectivity index (χ2n) is 3.56. The van der Waals surface area contributed by atoms with Gasteiger partial charge in [-0.3, -0.25) is 14.7 Å². The van der Waals surface area contributed by atoms with Crippen LogP contribution < -0.4 is 0 Å². The normalized spacial score (nSPS) is 10.5. The van der Waals surface area contributed by atoms with Gasteiger partial charge in [-0.2, -0.15) is 0 Å². The molecule has 0 saturated carbocycles. The second-order valence-corrected chi connectivity index (χ2v) is 4.12. The SMILES string of the molecule is Cc1nccn1-c1ccc(CBr)cc1[N+](=O)[O-]. The Morgan fingerprint density at radius 2 is 2.29 bits per heavy atom. The first-order valence-electron chi connectivity index (χ1n) is 4.97. The van der Waals surface area contributed by atoms with Crippen LogP contribution in [0.3, 0.4) is 0 Å². The number of aromatic nitrogens is 2. The van der Waals surface area contributed by atoms with Crippen molar-refractivity contribution in [3.8, 4) is 5.69 Å². The van der Waals surface area contributed by atoms with Crippen molar-refractivity contribution in [2.75, 3.05) is 0 Å². The van der Waals surface area contributed by atoms with E-state index in [-0.39, 0.29) is 10.6 Å². The number of rotatable bonds is 3. The number of nitro benzene ring substituents is 1. The van der Waals surface area contributed by atoms with Gasteiger partial charge in [0.1, 0.15) is 11.5 Å². The maximum Gasteiger partial charge on any atom is 0.293 e. The summed E-state index contributed by atoms with van der Waals surface area (Å²) in [5.41, 5.74) is 1.50. The number of hydrogen-bond donors (Lipinski definition) is 0. The van der Waals surface area contributed by atoms with E-state index in [4.69, 9.17) is 0 Å². The Morgan fingerprint density at radius 3 is 2.82 bits per heavy atom. The highest BCUT2D eigenvalue weighted by molar-refractivity contribution is 9.08. The van der Waals surface area contributed by atoms with Crippen LogP contribution in [-0.2, 0) is 5.33 Å². The molecule has 88 valence electrons. The van der Waals surface area contributed by atoms with Crippen LogP contribution >= 0.6 is 15.9 Å². The highest BCUT2D eigenvalue weighted by atomic mass is 79.9. The first-order chi connectivity index (χ1) is 8.13. The summed E-state index contributed by atoms with van der Waals surface area (Å²) in [5, 5.41) is 11.6. The summed E-state index contributed by atoms with van der Waals surface area (Å²) in [4.78, 5) is 14.7. The molecule has 2 rings (SSSR count). The van der Waals surface area contributed by atoms with Crippen LogP contribution in [0.15, 0.2) is 30.6 Å². The van der Waals surface area contributed by atoms with Crippen molar-refractivity contribution in [2.45, 2.75) is 12.3 Å². The zero-order chi connectivity index (χ0) is 12.4. The summed E-state index contributed by atoms with van der Waals surface area (Å²) in [5.74, 6) is 0.722. The van der Waals surface area contributed by atoms with Crippen molar-refractivity contribution in [1.82, 2.24) is 9.55 Å². The lowest BCUT2D eigenvalue weighted by molar-refractivity contribution is -0.384. The Kier molecular flexibility index (Phi) is 3.23. The van der Waals surface area contributed by atoms with E-state index in [1.165, 1.54) is 0 Å². The fraction of sp³-hybridized carbons (Fsp3) is 0.182. The van der Waals surface area contributed by atoms with E-state index in [0.717, 1.165) is 11.4 Å². The first kappa shape index (κ1) is 11.8. The summed E-state index contributed by atoms with van der Waals surface area (Å²) >= 11 is 3.29. The van der Waals surface area contributed by atoms with Gasteiger partial charge in [0, 0.05) is 23.8 Å². The Balaban J connectivity index is 2.62. The molecule has 1 heterocycles. The molecule has 0 fully saturated rings. The average Bonchev–Trinajstić information content (AvgIpc) is 2.74. The van der Waals surface area contributed by atoms with Gasteiger partial charge in [-0.1, -0.05) is 22.0 Å². The van der Waals surface area contributed by atoms with Gasteiger partial charge in [-0.15, -0.1) is 0 Å². The monoisotopic (exact) mass is 295 g/mol. The summed E-state index contributed by atoms with van der Waals surface area (Å²) < 4.78 is 1.70. The van der Waals surface area contributed by atoms with E-state index < -0.39 is 0 Å². The minimum absolute atomic E-state index is 0.0862. The molecule has 0 unspecified atom stereocenters. The third kappa shape index (κ3) is 2.21. The van der Waals surface area contributed by atoms with Crippen molar-refractivity contribution in [2.24, 2.45) is 0 Å².